The molecule has 0 bridgehead atoms. The second kappa shape index (κ2) is 6.67. The number of thiazole rings is 1. The average Bonchev–Trinajstić information content (AvgIpc) is 3.18. The molecule has 154 valence electrons. The Hall–Kier alpha value is -2.66. The number of rotatable bonds is 2. The van der Waals surface area contributed by atoms with Crippen LogP contribution in [0.2, 0.25) is 0 Å². The summed E-state index contributed by atoms with van der Waals surface area (Å²) in [5.74, 6) is 0.481. The Kier molecular flexibility index (Phi) is 4.30. The van der Waals surface area contributed by atoms with Crippen molar-refractivity contribution < 1.29 is 0 Å². The predicted octanol–water partition coefficient (Wildman–Crippen LogP) is 4.96. The van der Waals surface area contributed by atoms with Crippen LogP contribution in [0.5, 0.6) is 0 Å². The van der Waals surface area contributed by atoms with Crippen LogP contribution in [-0.2, 0) is 0 Å². The van der Waals surface area contributed by atoms with E-state index in [1.165, 1.54) is 22.6 Å². The molecule has 0 radical (unpaired) electrons. The molecule has 1 aliphatic heterocycles. The standard InChI is InChI=1S/C25H27N3OS/c1-15(2)28-20-11-10-17(12-18(20)16(3)14-25(28,4)5)13-22-23(29)27-21-9-7-6-8-19(21)26-24(27)30-22/h6-13,15-16H,14H2,1-5H3/b22-13-. The van der Waals surface area contributed by atoms with E-state index in [-0.39, 0.29) is 11.1 Å². The van der Waals surface area contributed by atoms with Crippen LogP contribution in [0.15, 0.2) is 47.3 Å². The number of hydrogen-bond donors (Lipinski definition) is 0. The Morgan fingerprint density at radius 3 is 2.73 bits per heavy atom. The Morgan fingerprint density at radius 1 is 1.20 bits per heavy atom. The molecule has 3 heterocycles. The van der Waals surface area contributed by atoms with Gasteiger partial charge in [0.05, 0.1) is 15.6 Å². The number of aromatic nitrogens is 2. The maximum absolute atomic E-state index is 13.1. The lowest BCUT2D eigenvalue weighted by Gasteiger charge is -2.50. The Balaban J connectivity index is 1.65. The summed E-state index contributed by atoms with van der Waals surface area (Å²) >= 11 is 1.46. The van der Waals surface area contributed by atoms with E-state index in [0.29, 0.717) is 12.0 Å². The third-order valence-corrected chi connectivity index (χ3v) is 7.23. The van der Waals surface area contributed by atoms with Crippen molar-refractivity contribution in [1.82, 2.24) is 9.38 Å². The molecule has 0 aliphatic carbocycles. The number of para-hydroxylation sites is 2. The summed E-state index contributed by atoms with van der Waals surface area (Å²) in [7, 11) is 0. The minimum atomic E-state index is 0.0133. The van der Waals surface area contributed by atoms with Crippen LogP contribution in [0.1, 0.15) is 58.1 Å². The van der Waals surface area contributed by atoms with Crippen molar-refractivity contribution >= 4 is 39.1 Å². The highest BCUT2D eigenvalue weighted by Crippen LogP contribution is 2.44. The number of fused-ring (bicyclic) bond motifs is 4. The Morgan fingerprint density at radius 2 is 1.97 bits per heavy atom. The lowest BCUT2D eigenvalue weighted by Crippen LogP contribution is -2.51. The number of nitrogens with zero attached hydrogens (tertiary/aromatic N) is 3. The maximum Gasteiger partial charge on any atom is 0.274 e. The fourth-order valence-electron chi connectivity index (χ4n) is 5.30. The van der Waals surface area contributed by atoms with E-state index in [2.05, 4.69) is 62.7 Å². The van der Waals surface area contributed by atoms with Crippen molar-refractivity contribution in [1.29, 1.82) is 0 Å². The summed E-state index contributed by atoms with van der Waals surface area (Å²) in [6.45, 7) is 11.5. The molecule has 2 aromatic heterocycles. The van der Waals surface area contributed by atoms with Gasteiger partial charge in [-0.25, -0.2) is 9.38 Å². The predicted molar refractivity (Wildman–Crippen MR) is 127 cm³/mol. The van der Waals surface area contributed by atoms with E-state index in [1.807, 2.05) is 30.3 Å². The first-order valence-electron chi connectivity index (χ1n) is 10.6. The largest absolute Gasteiger partial charge is 0.364 e. The molecule has 4 nitrogen and oxygen atoms in total. The highest BCUT2D eigenvalue weighted by molar-refractivity contribution is 7.15. The summed E-state index contributed by atoms with van der Waals surface area (Å²) in [4.78, 5) is 21.0. The van der Waals surface area contributed by atoms with Gasteiger partial charge in [-0.05, 0) is 81.5 Å². The first-order chi connectivity index (χ1) is 14.3. The topological polar surface area (TPSA) is 37.6 Å². The molecular formula is C25H27N3OS. The van der Waals surface area contributed by atoms with Gasteiger partial charge in [0.1, 0.15) is 0 Å². The lowest BCUT2D eigenvalue weighted by molar-refractivity contribution is 0.356. The van der Waals surface area contributed by atoms with Crippen molar-refractivity contribution in [2.75, 3.05) is 4.90 Å². The van der Waals surface area contributed by atoms with Gasteiger partial charge in [0.25, 0.3) is 5.56 Å². The molecule has 0 N–H and O–H groups in total. The highest BCUT2D eigenvalue weighted by atomic mass is 32.1. The van der Waals surface area contributed by atoms with Gasteiger partial charge in [0.2, 0.25) is 0 Å². The monoisotopic (exact) mass is 417 g/mol. The molecule has 1 aliphatic rings. The molecule has 30 heavy (non-hydrogen) atoms. The van der Waals surface area contributed by atoms with Crippen molar-refractivity contribution in [2.24, 2.45) is 0 Å². The number of anilines is 1. The Bertz CT molecular complexity index is 1380. The summed E-state index contributed by atoms with van der Waals surface area (Å²) in [5, 5.41) is 0. The van der Waals surface area contributed by atoms with Crippen LogP contribution < -0.4 is 15.0 Å². The van der Waals surface area contributed by atoms with Crippen LogP contribution >= 0.6 is 11.3 Å². The summed E-state index contributed by atoms with van der Waals surface area (Å²) in [5.41, 5.74) is 5.66. The van der Waals surface area contributed by atoms with Crippen LogP contribution in [0.25, 0.3) is 22.1 Å². The minimum Gasteiger partial charge on any atom is -0.364 e. The third kappa shape index (κ3) is 2.87. The van der Waals surface area contributed by atoms with Crippen molar-refractivity contribution in [3.05, 3.63) is 68.5 Å². The summed E-state index contributed by atoms with van der Waals surface area (Å²) in [6.07, 6.45) is 3.14. The average molecular weight is 418 g/mol. The van der Waals surface area contributed by atoms with Gasteiger partial charge in [0, 0.05) is 17.3 Å². The van der Waals surface area contributed by atoms with Crippen LogP contribution in [0.4, 0.5) is 5.69 Å². The zero-order valence-corrected chi connectivity index (χ0v) is 19.0. The van der Waals surface area contributed by atoms with Crippen LogP contribution in [0.3, 0.4) is 0 Å². The van der Waals surface area contributed by atoms with Crippen molar-refractivity contribution in [3.8, 4) is 0 Å². The lowest BCUT2D eigenvalue weighted by atomic mass is 9.79. The fraction of sp³-hybridized carbons (Fsp3) is 0.360. The molecule has 0 amide bonds. The molecule has 0 saturated heterocycles. The van der Waals surface area contributed by atoms with Gasteiger partial charge in [-0.3, -0.25) is 4.79 Å². The highest BCUT2D eigenvalue weighted by Gasteiger charge is 2.37. The second-order valence-corrected chi connectivity index (χ2v) is 10.3. The SMILES string of the molecule is CC1CC(C)(C)N(C(C)C)c2ccc(/C=c3\sc4nc5ccccc5n4c3=O)cc21. The molecular weight excluding hydrogens is 390 g/mol. The second-order valence-electron chi connectivity index (χ2n) is 9.33. The summed E-state index contributed by atoms with van der Waals surface area (Å²) < 4.78 is 2.46. The summed E-state index contributed by atoms with van der Waals surface area (Å²) in [6, 6.07) is 14.9. The molecule has 5 heteroatoms. The van der Waals surface area contributed by atoms with Crippen LogP contribution in [-0.4, -0.2) is 21.0 Å². The van der Waals surface area contributed by atoms with Crippen molar-refractivity contribution in [2.45, 2.75) is 58.5 Å². The number of benzene rings is 2. The maximum atomic E-state index is 13.1. The zero-order chi connectivity index (χ0) is 21.2. The molecule has 2 aromatic carbocycles. The molecule has 5 rings (SSSR count). The smallest absolute Gasteiger partial charge is 0.274 e. The van der Waals surface area contributed by atoms with E-state index in [1.54, 1.807) is 4.40 Å². The van der Waals surface area contributed by atoms with Gasteiger partial charge in [0.15, 0.2) is 4.96 Å². The molecule has 4 aromatic rings. The number of hydrogen-bond acceptors (Lipinski definition) is 4. The Labute approximate surface area is 180 Å². The van der Waals surface area contributed by atoms with Crippen molar-refractivity contribution in [3.63, 3.8) is 0 Å². The minimum absolute atomic E-state index is 0.0133. The fourth-order valence-corrected chi connectivity index (χ4v) is 6.29. The molecule has 0 spiro atoms. The van der Waals surface area contributed by atoms with Gasteiger partial charge in [-0.1, -0.05) is 36.5 Å². The normalized spacial score (nSPS) is 19.2. The quantitative estimate of drug-likeness (QED) is 0.463. The van der Waals surface area contributed by atoms with Gasteiger partial charge in [-0.15, -0.1) is 0 Å². The van der Waals surface area contributed by atoms with Gasteiger partial charge >= 0.3 is 0 Å². The first-order valence-corrected chi connectivity index (χ1v) is 11.4. The van der Waals surface area contributed by atoms with Gasteiger partial charge < -0.3 is 4.90 Å². The number of imidazole rings is 1. The first kappa shape index (κ1) is 19.3. The van der Waals surface area contributed by atoms with E-state index >= 15 is 0 Å². The molecule has 0 fully saturated rings. The third-order valence-electron chi connectivity index (χ3n) is 6.26. The van der Waals surface area contributed by atoms with E-state index in [9.17, 15) is 4.79 Å². The zero-order valence-electron chi connectivity index (χ0n) is 18.1. The van der Waals surface area contributed by atoms with Crippen LogP contribution in [0, 0.1) is 0 Å². The van der Waals surface area contributed by atoms with E-state index < -0.39 is 0 Å². The van der Waals surface area contributed by atoms with E-state index in [0.717, 1.165) is 32.5 Å². The van der Waals surface area contributed by atoms with E-state index in [4.69, 9.17) is 0 Å². The van der Waals surface area contributed by atoms with Gasteiger partial charge in [-0.2, -0.15) is 0 Å². The molecule has 1 unspecified atom stereocenters. The molecule has 0 saturated carbocycles. The molecule has 1 atom stereocenters.